The minimum atomic E-state index is -0.535. The molecule has 0 spiro atoms. The predicted molar refractivity (Wildman–Crippen MR) is 55.0 cm³/mol. The Bertz CT molecular complexity index is 374. The van der Waals surface area contributed by atoms with Crippen LogP contribution in [-0.4, -0.2) is 15.1 Å². The van der Waals surface area contributed by atoms with Gasteiger partial charge in [-0.2, -0.15) is 11.3 Å². The molecule has 0 aliphatic carbocycles. The molecule has 2 aromatic heterocycles. The molecule has 2 heterocycles. The van der Waals surface area contributed by atoms with Crippen LogP contribution in [0, 0.1) is 0 Å². The van der Waals surface area contributed by atoms with Crippen LogP contribution in [0.5, 0.6) is 0 Å². The van der Waals surface area contributed by atoms with Crippen LogP contribution in [0.25, 0.3) is 0 Å². The van der Waals surface area contributed by atoms with Gasteiger partial charge >= 0.3 is 0 Å². The van der Waals surface area contributed by atoms with Crippen molar-refractivity contribution in [2.24, 2.45) is 0 Å². The largest absolute Gasteiger partial charge is 0.386 e. The van der Waals surface area contributed by atoms with Crippen molar-refractivity contribution in [3.05, 3.63) is 46.7 Å². The van der Waals surface area contributed by atoms with Crippen LogP contribution >= 0.6 is 11.3 Å². The molecule has 4 heteroatoms. The maximum Gasteiger partial charge on any atom is 0.115 e. The van der Waals surface area contributed by atoms with E-state index in [9.17, 15) is 5.11 Å². The van der Waals surface area contributed by atoms with Crippen molar-refractivity contribution < 1.29 is 5.11 Å². The number of hydrogen-bond donors (Lipinski definition) is 1. The summed E-state index contributed by atoms with van der Waals surface area (Å²) >= 11 is 1.63. The van der Waals surface area contributed by atoms with Gasteiger partial charge in [-0.1, -0.05) is 0 Å². The fourth-order valence-electron chi connectivity index (χ4n) is 1.23. The van der Waals surface area contributed by atoms with Gasteiger partial charge in [-0.25, -0.2) is 9.97 Å². The zero-order valence-corrected chi connectivity index (χ0v) is 8.31. The van der Waals surface area contributed by atoms with Gasteiger partial charge in [0.15, 0.2) is 0 Å². The van der Waals surface area contributed by atoms with Gasteiger partial charge in [0.05, 0.1) is 5.69 Å². The molecule has 72 valence electrons. The molecule has 0 fully saturated rings. The first-order valence-electron chi connectivity index (χ1n) is 4.31. The Hall–Kier alpha value is -1.26. The first kappa shape index (κ1) is 9.30. The topological polar surface area (TPSA) is 46.0 Å². The van der Waals surface area contributed by atoms with Gasteiger partial charge in [0.1, 0.15) is 12.4 Å². The highest BCUT2D eigenvalue weighted by molar-refractivity contribution is 7.07. The summed E-state index contributed by atoms with van der Waals surface area (Å²) in [5, 5.41) is 13.8. The van der Waals surface area contributed by atoms with E-state index in [2.05, 4.69) is 9.97 Å². The van der Waals surface area contributed by atoms with Gasteiger partial charge in [-0.05, 0) is 28.5 Å². The van der Waals surface area contributed by atoms with E-state index in [-0.39, 0.29) is 0 Å². The smallest absolute Gasteiger partial charge is 0.115 e. The Balaban J connectivity index is 2.07. The zero-order valence-electron chi connectivity index (χ0n) is 7.50. The van der Waals surface area contributed by atoms with Crippen molar-refractivity contribution >= 4 is 11.3 Å². The number of aliphatic hydroxyl groups excluding tert-OH is 1. The van der Waals surface area contributed by atoms with Crippen LogP contribution < -0.4 is 0 Å². The van der Waals surface area contributed by atoms with E-state index in [0.717, 1.165) is 5.56 Å². The summed E-state index contributed by atoms with van der Waals surface area (Å²) in [7, 11) is 0. The number of rotatable bonds is 3. The summed E-state index contributed by atoms with van der Waals surface area (Å²) in [6, 6.07) is 3.74. The summed E-state index contributed by atoms with van der Waals surface area (Å²) in [5.74, 6) is 0. The highest BCUT2D eigenvalue weighted by Gasteiger charge is 2.09. The predicted octanol–water partition coefficient (Wildman–Crippen LogP) is 1.81. The standard InChI is InChI=1S/C10H10N2OS/c13-10(5-8-2-4-14-6-8)9-1-3-11-7-12-9/h1-4,6-7,10,13H,5H2. The van der Waals surface area contributed by atoms with E-state index in [1.807, 2.05) is 16.8 Å². The van der Waals surface area contributed by atoms with E-state index in [4.69, 9.17) is 0 Å². The van der Waals surface area contributed by atoms with Crippen LogP contribution in [0.4, 0.5) is 0 Å². The Morgan fingerprint density at radius 3 is 3.00 bits per heavy atom. The Morgan fingerprint density at radius 1 is 1.43 bits per heavy atom. The van der Waals surface area contributed by atoms with Crippen molar-refractivity contribution in [2.45, 2.75) is 12.5 Å². The van der Waals surface area contributed by atoms with Gasteiger partial charge in [0.2, 0.25) is 0 Å². The average molecular weight is 206 g/mol. The first-order valence-corrected chi connectivity index (χ1v) is 5.25. The monoisotopic (exact) mass is 206 g/mol. The van der Waals surface area contributed by atoms with E-state index in [0.29, 0.717) is 12.1 Å². The Kier molecular flexibility index (Phi) is 2.86. The highest BCUT2D eigenvalue weighted by atomic mass is 32.1. The molecule has 1 N–H and O–H groups in total. The van der Waals surface area contributed by atoms with Crippen molar-refractivity contribution in [1.29, 1.82) is 0 Å². The second-order valence-electron chi connectivity index (χ2n) is 2.99. The van der Waals surface area contributed by atoms with Crippen LogP contribution in [0.3, 0.4) is 0 Å². The number of nitrogens with zero attached hydrogens (tertiary/aromatic N) is 2. The van der Waals surface area contributed by atoms with Crippen LogP contribution in [0.1, 0.15) is 17.4 Å². The third-order valence-electron chi connectivity index (χ3n) is 1.96. The number of thiophene rings is 1. The molecule has 2 rings (SSSR count). The Morgan fingerprint density at radius 2 is 2.36 bits per heavy atom. The molecule has 1 unspecified atom stereocenters. The van der Waals surface area contributed by atoms with Gasteiger partial charge in [-0.15, -0.1) is 0 Å². The van der Waals surface area contributed by atoms with E-state index < -0.39 is 6.10 Å². The molecule has 14 heavy (non-hydrogen) atoms. The molecule has 2 aromatic rings. The summed E-state index contributed by atoms with van der Waals surface area (Å²) in [6.45, 7) is 0. The Labute approximate surface area is 86.1 Å². The van der Waals surface area contributed by atoms with Crippen LogP contribution in [0.2, 0.25) is 0 Å². The molecule has 3 nitrogen and oxygen atoms in total. The minimum Gasteiger partial charge on any atom is -0.386 e. The first-order chi connectivity index (χ1) is 6.86. The van der Waals surface area contributed by atoms with Crippen LogP contribution in [-0.2, 0) is 6.42 Å². The van der Waals surface area contributed by atoms with E-state index >= 15 is 0 Å². The molecule has 0 aliphatic rings. The molecule has 0 bridgehead atoms. The summed E-state index contributed by atoms with van der Waals surface area (Å²) in [4.78, 5) is 7.81. The highest BCUT2D eigenvalue weighted by Crippen LogP contribution is 2.17. The lowest BCUT2D eigenvalue weighted by molar-refractivity contribution is 0.173. The second-order valence-corrected chi connectivity index (χ2v) is 3.77. The molecular formula is C10H10N2OS. The fourth-order valence-corrected chi connectivity index (χ4v) is 1.92. The van der Waals surface area contributed by atoms with Crippen molar-refractivity contribution in [2.75, 3.05) is 0 Å². The van der Waals surface area contributed by atoms with Gasteiger partial charge in [0.25, 0.3) is 0 Å². The molecule has 0 amide bonds. The SMILES string of the molecule is OC(Cc1ccsc1)c1ccncn1. The summed E-state index contributed by atoms with van der Waals surface area (Å²) < 4.78 is 0. The number of aromatic nitrogens is 2. The molecular weight excluding hydrogens is 196 g/mol. The van der Waals surface area contributed by atoms with Crippen molar-refractivity contribution in [3.8, 4) is 0 Å². The second kappa shape index (κ2) is 4.30. The van der Waals surface area contributed by atoms with E-state index in [1.165, 1.54) is 6.33 Å². The van der Waals surface area contributed by atoms with Gasteiger partial charge in [0, 0.05) is 12.6 Å². The molecule has 0 saturated heterocycles. The molecule has 0 radical (unpaired) electrons. The lowest BCUT2D eigenvalue weighted by atomic mass is 10.1. The maximum atomic E-state index is 9.81. The minimum absolute atomic E-state index is 0.535. The molecule has 0 aromatic carbocycles. The molecule has 1 atom stereocenters. The number of hydrogen-bond acceptors (Lipinski definition) is 4. The third-order valence-corrected chi connectivity index (χ3v) is 2.69. The summed E-state index contributed by atoms with van der Waals surface area (Å²) in [6.07, 6.45) is 3.17. The maximum absolute atomic E-state index is 9.81. The van der Waals surface area contributed by atoms with Crippen molar-refractivity contribution in [3.63, 3.8) is 0 Å². The zero-order chi connectivity index (χ0) is 9.80. The quantitative estimate of drug-likeness (QED) is 0.833. The third kappa shape index (κ3) is 2.16. The van der Waals surface area contributed by atoms with Gasteiger partial charge < -0.3 is 5.11 Å². The number of aliphatic hydroxyl groups is 1. The molecule has 0 saturated carbocycles. The van der Waals surface area contributed by atoms with Crippen molar-refractivity contribution in [1.82, 2.24) is 9.97 Å². The molecule has 0 aliphatic heterocycles. The average Bonchev–Trinajstić information content (AvgIpc) is 2.72. The van der Waals surface area contributed by atoms with E-state index in [1.54, 1.807) is 23.6 Å². The van der Waals surface area contributed by atoms with Gasteiger partial charge in [-0.3, -0.25) is 0 Å². The fraction of sp³-hybridized carbons (Fsp3) is 0.200. The normalized spacial score (nSPS) is 12.6. The summed E-state index contributed by atoms with van der Waals surface area (Å²) in [5.41, 5.74) is 1.81. The lowest BCUT2D eigenvalue weighted by Crippen LogP contribution is -2.03. The van der Waals surface area contributed by atoms with Crippen LogP contribution in [0.15, 0.2) is 35.4 Å². The lowest BCUT2D eigenvalue weighted by Gasteiger charge is -2.07.